The van der Waals surface area contributed by atoms with Gasteiger partial charge in [0.15, 0.2) is 0 Å². The minimum absolute atomic E-state index is 0.768. The second-order valence-corrected chi connectivity index (χ2v) is 5.52. The monoisotopic (exact) mass is 216 g/mol. The van der Waals surface area contributed by atoms with Crippen LogP contribution < -0.4 is 5.32 Å². The van der Waals surface area contributed by atoms with Gasteiger partial charge in [0.2, 0.25) is 0 Å². The van der Waals surface area contributed by atoms with Crippen molar-refractivity contribution in [3.05, 3.63) is 0 Å². The molecule has 0 spiro atoms. The zero-order valence-corrected chi connectivity index (χ0v) is 10.6. The molecule has 1 rings (SSSR count). The van der Waals surface area contributed by atoms with Crippen molar-refractivity contribution in [2.24, 2.45) is 0 Å². The van der Waals surface area contributed by atoms with Crippen LogP contribution in [0, 0.1) is 0 Å². The van der Waals surface area contributed by atoms with Crippen molar-refractivity contribution >= 4 is 11.8 Å². The molecule has 1 aliphatic heterocycles. The van der Waals surface area contributed by atoms with Crippen molar-refractivity contribution < 1.29 is 0 Å². The van der Waals surface area contributed by atoms with Crippen LogP contribution in [0.1, 0.15) is 26.2 Å². The summed E-state index contributed by atoms with van der Waals surface area (Å²) in [6, 6.07) is 0.768. The molecule has 1 heterocycles. The molecular formula is C11H24N2S. The highest BCUT2D eigenvalue weighted by Gasteiger charge is 2.17. The lowest BCUT2D eigenvalue weighted by atomic mass is 10.1. The summed E-state index contributed by atoms with van der Waals surface area (Å²) in [5.74, 6) is 0. The zero-order chi connectivity index (χ0) is 10.4. The Labute approximate surface area is 92.8 Å². The summed E-state index contributed by atoms with van der Waals surface area (Å²) in [5.41, 5.74) is 0. The first-order valence-corrected chi connectivity index (χ1v) is 6.97. The molecule has 0 aromatic heterocycles. The normalized spacial score (nSPS) is 22.5. The van der Waals surface area contributed by atoms with Gasteiger partial charge < -0.3 is 10.2 Å². The maximum atomic E-state index is 3.37. The van der Waals surface area contributed by atoms with Gasteiger partial charge in [-0.15, -0.1) is 0 Å². The van der Waals surface area contributed by atoms with Crippen LogP contribution in [-0.2, 0) is 0 Å². The van der Waals surface area contributed by atoms with Gasteiger partial charge in [-0.05, 0) is 52.2 Å². The molecule has 0 aliphatic carbocycles. The van der Waals surface area contributed by atoms with Crippen LogP contribution in [0.5, 0.6) is 0 Å². The first-order chi connectivity index (χ1) is 6.76. The van der Waals surface area contributed by atoms with Crippen LogP contribution in [0.15, 0.2) is 0 Å². The smallest absolute Gasteiger partial charge is 0.00884 e. The fourth-order valence-corrected chi connectivity index (χ4v) is 2.27. The van der Waals surface area contributed by atoms with Crippen molar-refractivity contribution in [3.63, 3.8) is 0 Å². The molecule has 0 saturated carbocycles. The molecule has 2 nitrogen and oxygen atoms in total. The molecule has 0 aromatic rings. The Balaban J connectivity index is 2.10. The van der Waals surface area contributed by atoms with Gasteiger partial charge in [0.05, 0.1) is 0 Å². The quantitative estimate of drug-likeness (QED) is 0.754. The Kier molecular flexibility index (Phi) is 5.90. The average molecular weight is 216 g/mol. The van der Waals surface area contributed by atoms with Gasteiger partial charge in [-0.1, -0.05) is 6.92 Å². The van der Waals surface area contributed by atoms with Crippen molar-refractivity contribution in [3.8, 4) is 0 Å². The molecule has 1 atom stereocenters. The van der Waals surface area contributed by atoms with E-state index in [9.17, 15) is 0 Å². The van der Waals surface area contributed by atoms with E-state index < -0.39 is 0 Å². The Morgan fingerprint density at radius 3 is 2.57 bits per heavy atom. The van der Waals surface area contributed by atoms with Crippen molar-refractivity contribution in [2.75, 3.05) is 32.9 Å². The fourth-order valence-electron chi connectivity index (χ4n) is 1.93. The zero-order valence-electron chi connectivity index (χ0n) is 9.75. The maximum absolute atomic E-state index is 3.37. The van der Waals surface area contributed by atoms with E-state index in [0.29, 0.717) is 0 Å². The Bertz CT molecular complexity index is 144. The van der Waals surface area contributed by atoms with Crippen LogP contribution in [-0.4, -0.2) is 49.1 Å². The fraction of sp³-hybridized carbons (Fsp3) is 1.00. The molecule has 84 valence electrons. The predicted octanol–water partition coefficient (Wildman–Crippen LogP) is 1.81. The molecule has 0 aromatic carbocycles. The second kappa shape index (κ2) is 6.70. The highest BCUT2D eigenvalue weighted by Crippen LogP contribution is 2.14. The highest BCUT2D eigenvalue weighted by atomic mass is 32.2. The average Bonchev–Trinajstić information content (AvgIpc) is 2.26. The van der Waals surface area contributed by atoms with Crippen molar-refractivity contribution in [2.45, 2.75) is 37.5 Å². The van der Waals surface area contributed by atoms with Crippen LogP contribution in [0.4, 0.5) is 0 Å². The third-order valence-electron chi connectivity index (χ3n) is 3.25. The summed E-state index contributed by atoms with van der Waals surface area (Å²) in [4.78, 5) is 2.61. The van der Waals surface area contributed by atoms with Crippen LogP contribution in [0.25, 0.3) is 0 Å². The molecule has 0 amide bonds. The number of nitrogens with zero attached hydrogens (tertiary/aromatic N) is 1. The van der Waals surface area contributed by atoms with Crippen molar-refractivity contribution in [1.82, 2.24) is 10.2 Å². The molecule has 1 saturated heterocycles. The molecular weight excluding hydrogens is 192 g/mol. The summed E-state index contributed by atoms with van der Waals surface area (Å²) < 4.78 is 0. The van der Waals surface area contributed by atoms with Gasteiger partial charge in [-0.2, -0.15) is 11.8 Å². The van der Waals surface area contributed by atoms with E-state index in [0.717, 1.165) is 11.3 Å². The third kappa shape index (κ3) is 4.20. The lowest BCUT2D eigenvalue weighted by Crippen LogP contribution is -2.41. The van der Waals surface area contributed by atoms with Crippen LogP contribution in [0.3, 0.4) is 0 Å². The van der Waals surface area contributed by atoms with Gasteiger partial charge in [0.1, 0.15) is 0 Å². The number of nitrogens with one attached hydrogen (secondary N) is 1. The summed E-state index contributed by atoms with van der Waals surface area (Å²) in [7, 11) is 2.08. The standard InChI is InChI=1S/C11H24N2S/c1-10(14-3)4-7-13-8-5-11(12-2)6-9-13/h10-12H,4-9H2,1-3H3. The number of hydrogen-bond donors (Lipinski definition) is 1. The van der Waals surface area contributed by atoms with E-state index >= 15 is 0 Å². The summed E-state index contributed by atoms with van der Waals surface area (Å²) in [5, 5.41) is 4.19. The van der Waals surface area contributed by atoms with Gasteiger partial charge >= 0.3 is 0 Å². The molecule has 1 aliphatic rings. The SMILES string of the molecule is CNC1CCN(CCC(C)SC)CC1. The topological polar surface area (TPSA) is 15.3 Å². The van der Waals surface area contributed by atoms with E-state index in [2.05, 4.69) is 30.4 Å². The minimum Gasteiger partial charge on any atom is -0.317 e. The summed E-state index contributed by atoms with van der Waals surface area (Å²) in [6.07, 6.45) is 6.19. The van der Waals surface area contributed by atoms with Crippen molar-refractivity contribution in [1.29, 1.82) is 0 Å². The van der Waals surface area contributed by atoms with E-state index in [1.165, 1.54) is 38.9 Å². The number of rotatable bonds is 5. The number of hydrogen-bond acceptors (Lipinski definition) is 3. The summed E-state index contributed by atoms with van der Waals surface area (Å²) >= 11 is 1.98. The molecule has 0 bridgehead atoms. The third-order valence-corrected chi connectivity index (χ3v) is 4.29. The van der Waals surface area contributed by atoms with E-state index in [-0.39, 0.29) is 0 Å². The van der Waals surface area contributed by atoms with Gasteiger partial charge in [0, 0.05) is 11.3 Å². The van der Waals surface area contributed by atoms with E-state index in [1.54, 1.807) is 0 Å². The molecule has 0 radical (unpaired) electrons. The summed E-state index contributed by atoms with van der Waals surface area (Å²) in [6.45, 7) is 6.18. The first kappa shape index (κ1) is 12.3. The second-order valence-electron chi connectivity index (χ2n) is 4.24. The predicted molar refractivity (Wildman–Crippen MR) is 66.1 cm³/mol. The molecule has 1 unspecified atom stereocenters. The molecule has 14 heavy (non-hydrogen) atoms. The minimum atomic E-state index is 0.768. The Morgan fingerprint density at radius 1 is 1.43 bits per heavy atom. The lowest BCUT2D eigenvalue weighted by molar-refractivity contribution is 0.200. The largest absolute Gasteiger partial charge is 0.317 e. The number of thioether (sulfide) groups is 1. The molecule has 3 heteroatoms. The number of piperidine rings is 1. The van der Waals surface area contributed by atoms with Gasteiger partial charge in [-0.3, -0.25) is 0 Å². The maximum Gasteiger partial charge on any atom is 0.00884 e. The van der Waals surface area contributed by atoms with E-state index in [4.69, 9.17) is 0 Å². The Hall–Kier alpha value is 0.270. The first-order valence-electron chi connectivity index (χ1n) is 5.68. The highest BCUT2D eigenvalue weighted by molar-refractivity contribution is 7.99. The Morgan fingerprint density at radius 2 is 2.07 bits per heavy atom. The molecule has 1 N–H and O–H groups in total. The van der Waals surface area contributed by atoms with Gasteiger partial charge in [0.25, 0.3) is 0 Å². The lowest BCUT2D eigenvalue weighted by Gasteiger charge is -2.32. The van der Waals surface area contributed by atoms with Crippen LogP contribution in [0.2, 0.25) is 0 Å². The number of likely N-dealkylation sites (tertiary alicyclic amines) is 1. The van der Waals surface area contributed by atoms with E-state index in [1.807, 2.05) is 11.8 Å². The molecule has 1 fully saturated rings. The van der Waals surface area contributed by atoms with Crippen LogP contribution >= 0.6 is 11.8 Å². The van der Waals surface area contributed by atoms with Gasteiger partial charge in [-0.25, -0.2) is 0 Å².